The zero-order valence-corrected chi connectivity index (χ0v) is 16.2. The van der Waals surface area contributed by atoms with Crippen molar-refractivity contribution in [1.29, 1.82) is 0 Å². The number of phenolic OH excluding ortho intramolecular Hbond substituents is 1. The van der Waals surface area contributed by atoms with Gasteiger partial charge in [-0.1, -0.05) is 82.2 Å². The van der Waals surface area contributed by atoms with E-state index in [1.807, 2.05) is 30.3 Å². The largest absolute Gasteiger partial charge is 0.507 e. The molecule has 0 aliphatic heterocycles. The van der Waals surface area contributed by atoms with Gasteiger partial charge in [-0.3, -0.25) is 5.32 Å². The number of hydrogen-bond donors (Lipinski definition) is 2. The number of benzene rings is 2. The van der Waals surface area contributed by atoms with Gasteiger partial charge < -0.3 is 9.84 Å². The lowest BCUT2D eigenvalue weighted by atomic mass is 10.0. The Morgan fingerprint density at radius 2 is 1.59 bits per heavy atom. The maximum atomic E-state index is 12.0. The van der Waals surface area contributed by atoms with Crippen LogP contribution in [0.4, 0.5) is 10.5 Å². The first-order valence-electron chi connectivity index (χ1n) is 10.0. The first-order valence-corrected chi connectivity index (χ1v) is 10.0. The number of nitrogens with one attached hydrogen (secondary N) is 1. The summed E-state index contributed by atoms with van der Waals surface area (Å²) in [5.41, 5.74) is 2.18. The Bertz CT molecular complexity index is 685. The fraction of sp³-hybridized carbons (Fsp3) is 0.435. The summed E-state index contributed by atoms with van der Waals surface area (Å²) in [5, 5.41) is 12.8. The number of rotatable bonds is 11. The molecule has 0 aliphatic carbocycles. The van der Waals surface area contributed by atoms with Crippen molar-refractivity contribution in [2.45, 2.75) is 58.3 Å². The molecular weight excluding hydrogens is 338 g/mol. The SMILES string of the molecule is CCCCCCCCCCOC(=O)Nc1ccc(O)c(-c2ccccc2)c1. The maximum absolute atomic E-state index is 12.0. The second kappa shape index (κ2) is 12.0. The first kappa shape index (κ1) is 20.8. The van der Waals surface area contributed by atoms with E-state index >= 15 is 0 Å². The number of aromatic hydroxyl groups is 1. The third kappa shape index (κ3) is 7.73. The molecule has 146 valence electrons. The van der Waals surface area contributed by atoms with Crippen LogP contribution in [0.1, 0.15) is 58.3 Å². The molecule has 0 radical (unpaired) electrons. The van der Waals surface area contributed by atoms with Crippen LogP contribution in [0, 0.1) is 0 Å². The normalized spacial score (nSPS) is 10.6. The minimum absolute atomic E-state index is 0.180. The Morgan fingerprint density at radius 1 is 0.926 bits per heavy atom. The second-order valence-electron chi connectivity index (χ2n) is 6.83. The minimum Gasteiger partial charge on any atom is -0.507 e. The number of anilines is 1. The van der Waals surface area contributed by atoms with Crippen molar-refractivity contribution >= 4 is 11.8 Å². The summed E-state index contributed by atoms with van der Waals surface area (Å²) in [6, 6.07) is 14.6. The quantitative estimate of drug-likeness (QED) is 0.340. The fourth-order valence-corrected chi connectivity index (χ4v) is 3.02. The zero-order chi connectivity index (χ0) is 19.3. The first-order chi connectivity index (χ1) is 13.2. The molecule has 1 amide bonds. The number of amides is 1. The van der Waals surface area contributed by atoms with Crippen LogP contribution in [0.25, 0.3) is 11.1 Å². The van der Waals surface area contributed by atoms with Gasteiger partial charge in [0, 0.05) is 11.3 Å². The van der Waals surface area contributed by atoms with E-state index in [0.29, 0.717) is 17.9 Å². The van der Waals surface area contributed by atoms with Crippen LogP contribution in [0.3, 0.4) is 0 Å². The molecule has 4 nitrogen and oxygen atoms in total. The average molecular weight is 370 g/mol. The van der Waals surface area contributed by atoms with Crippen molar-refractivity contribution in [1.82, 2.24) is 0 Å². The zero-order valence-electron chi connectivity index (χ0n) is 16.2. The summed E-state index contributed by atoms with van der Waals surface area (Å²) in [6.45, 7) is 2.66. The summed E-state index contributed by atoms with van der Waals surface area (Å²) in [6.07, 6.45) is 9.23. The molecule has 2 rings (SSSR count). The third-order valence-corrected chi connectivity index (χ3v) is 4.56. The van der Waals surface area contributed by atoms with Crippen LogP contribution in [0.2, 0.25) is 0 Å². The Balaban J connectivity index is 1.70. The lowest BCUT2D eigenvalue weighted by Crippen LogP contribution is -2.14. The monoisotopic (exact) mass is 369 g/mol. The van der Waals surface area contributed by atoms with Crippen molar-refractivity contribution in [3.8, 4) is 16.9 Å². The van der Waals surface area contributed by atoms with Gasteiger partial charge in [0.2, 0.25) is 0 Å². The van der Waals surface area contributed by atoms with Crippen LogP contribution in [-0.2, 0) is 4.74 Å². The molecule has 0 spiro atoms. The van der Waals surface area contributed by atoms with Crippen molar-refractivity contribution in [2.75, 3.05) is 11.9 Å². The van der Waals surface area contributed by atoms with E-state index in [0.717, 1.165) is 18.4 Å². The maximum Gasteiger partial charge on any atom is 0.411 e. The smallest absolute Gasteiger partial charge is 0.411 e. The second-order valence-corrected chi connectivity index (χ2v) is 6.83. The van der Waals surface area contributed by atoms with Crippen molar-refractivity contribution < 1.29 is 14.6 Å². The van der Waals surface area contributed by atoms with Gasteiger partial charge in [-0.15, -0.1) is 0 Å². The molecule has 0 unspecified atom stereocenters. The number of phenols is 1. The molecule has 27 heavy (non-hydrogen) atoms. The number of carbonyl (C=O) groups excluding carboxylic acids is 1. The van der Waals surface area contributed by atoms with Crippen LogP contribution in [-0.4, -0.2) is 17.8 Å². The third-order valence-electron chi connectivity index (χ3n) is 4.56. The van der Waals surface area contributed by atoms with Crippen molar-refractivity contribution in [3.63, 3.8) is 0 Å². The Labute approximate surface area is 162 Å². The molecule has 0 aromatic heterocycles. The summed E-state index contributed by atoms with van der Waals surface area (Å²) in [5.74, 6) is 0.180. The topological polar surface area (TPSA) is 58.6 Å². The summed E-state index contributed by atoms with van der Waals surface area (Å²) >= 11 is 0. The van der Waals surface area contributed by atoms with Crippen molar-refractivity contribution in [3.05, 3.63) is 48.5 Å². The highest BCUT2D eigenvalue weighted by Gasteiger charge is 2.08. The van der Waals surface area contributed by atoms with Crippen LogP contribution in [0.5, 0.6) is 5.75 Å². The Hall–Kier alpha value is -2.49. The molecule has 0 saturated heterocycles. The molecule has 0 saturated carbocycles. The van der Waals surface area contributed by atoms with E-state index in [4.69, 9.17) is 4.74 Å². The van der Waals surface area contributed by atoms with E-state index in [1.54, 1.807) is 18.2 Å². The van der Waals surface area contributed by atoms with Gasteiger partial charge in [0.1, 0.15) is 5.75 Å². The van der Waals surface area contributed by atoms with Gasteiger partial charge in [-0.05, 0) is 30.2 Å². The molecule has 2 N–H and O–H groups in total. The Morgan fingerprint density at radius 3 is 2.30 bits per heavy atom. The average Bonchev–Trinajstić information content (AvgIpc) is 2.69. The van der Waals surface area contributed by atoms with E-state index in [9.17, 15) is 9.90 Å². The van der Waals surface area contributed by atoms with Gasteiger partial charge in [-0.25, -0.2) is 4.79 Å². The van der Waals surface area contributed by atoms with Gasteiger partial charge in [0.25, 0.3) is 0 Å². The number of hydrogen-bond acceptors (Lipinski definition) is 3. The summed E-state index contributed by atoms with van der Waals surface area (Å²) in [4.78, 5) is 12.0. The van der Waals surface area contributed by atoms with E-state index in [-0.39, 0.29) is 5.75 Å². The number of unbranched alkanes of at least 4 members (excludes halogenated alkanes) is 7. The molecule has 4 heteroatoms. The van der Waals surface area contributed by atoms with Crippen molar-refractivity contribution in [2.24, 2.45) is 0 Å². The molecule has 2 aromatic rings. The van der Waals surface area contributed by atoms with Gasteiger partial charge in [-0.2, -0.15) is 0 Å². The highest BCUT2D eigenvalue weighted by atomic mass is 16.5. The lowest BCUT2D eigenvalue weighted by molar-refractivity contribution is 0.159. The predicted octanol–water partition coefficient (Wildman–Crippen LogP) is 6.75. The number of ether oxygens (including phenoxy) is 1. The van der Waals surface area contributed by atoms with Gasteiger partial charge in [0.15, 0.2) is 0 Å². The molecule has 0 heterocycles. The molecule has 0 bridgehead atoms. The molecule has 0 fully saturated rings. The molecular formula is C23H31NO3. The molecule has 0 atom stereocenters. The van der Waals surface area contributed by atoms with E-state index < -0.39 is 6.09 Å². The fourth-order valence-electron chi connectivity index (χ4n) is 3.02. The van der Waals surface area contributed by atoms with Gasteiger partial charge >= 0.3 is 6.09 Å². The Kier molecular flexibility index (Phi) is 9.25. The van der Waals surface area contributed by atoms with Crippen LogP contribution >= 0.6 is 0 Å². The summed E-state index contributed by atoms with van der Waals surface area (Å²) < 4.78 is 5.25. The molecule has 2 aromatic carbocycles. The van der Waals surface area contributed by atoms with Crippen LogP contribution in [0.15, 0.2) is 48.5 Å². The lowest BCUT2D eigenvalue weighted by Gasteiger charge is -2.10. The van der Waals surface area contributed by atoms with E-state index in [2.05, 4.69) is 12.2 Å². The highest BCUT2D eigenvalue weighted by molar-refractivity contribution is 5.86. The predicted molar refractivity (Wildman–Crippen MR) is 111 cm³/mol. The standard InChI is InChI=1S/C23H31NO3/c1-2-3-4-5-6-7-8-12-17-27-23(26)24-20-15-16-22(25)21(18-20)19-13-10-9-11-14-19/h9-11,13-16,18,25H,2-8,12,17H2,1H3,(H,24,26). The molecule has 0 aliphatic rings. The van der Waals surface area contributed by atoms with Crippen LogP contribution < -0.4 is 5.32 Å². The van der Waals surface area contributed by atoms with Gasteiger partial charge in [0.05, 0.1) is 6.61 Å². The summed E-state index contributed by atoms with van der Waals surface area (Å²) in [7, 11) is 0. The minimum atomic E-state index is -0.456. The highest BCUT2D eigenvalue weighted by Crippen LogP contribution is 2.31. The van der Waals surface area contributed by atoms with E-state index in [1.165, 1.54) is 38.5 Å². The number of carbonyl (C=O) groups is 1.